The number of hydrogen-bond donors (Lipinski definition) is 4. The van der Waals surface area contributed by atoms with Gasteiger partial charge in [0.25, 0.3) is 11.8 Å². The molecule has 0 spiro atoms. The maximum atomic E-state index is 14.2. The van der Waals surface area contributed by atoms with Gasteiger partial charge >= 0.3 is 0 Å². The van der Waals surface area contributed by atoms with Crippen LogP contribution < -0.4 is 22.1 Å². The van der Waals surface area contributed by atoms with Crippen molar-refractivity contribution in [3.8, 4) is 0 Å². The van der Waals surface area contributed by atoms with Gasteiger partial charge in [0.05, 0.1) is 27.8 Å². The highest BCUT2D eigenvalue weighted by atomic mass is 16.2. The highest BCUT2D eigenvalue weighted by Gasteiger charge is 2.32. The topological polar surface area (TPSA) is 217 Å². The number of imidazole rings is 2. The average Bonchev–Trinajstić information content (AvgIpc) is 3.89. The molecule has 288 valence electrons. The third kappa shape index (κ3) is 7.51. The van der Waals surface area contributed by atoms with Gasteiger partial charge in [-0.05, 0) is 83.5 Å². The van der Waals surface area contributed by atoms with Crippen LogP contribution in [0.1, 0.15) is 82.0 Å². The van der Waals surface area contributed by atoms with Gasteiger partial charge in [0.15, 0.2) is 0 Å². The van der Waals surface area contributed by atoms with E-state index in [1.807, 2.05) is 42.0 Å². The molecule has 5 aromatic rings. The fourth-order valence-electron chi connectivity index (χ4n) is 7.52. The Morgan fingerprint density at radius 2 is 1.42 bits per heavy atom. The van der Waals surface area contributed by atoms with Crippen LogP contribution in [0.3, 0.4) is 0 Å². The minimum Gasteiger partial charge on any atom is -0.366 e. The van der Waals surface area contributed by atoms with Crippen LogP contribution in [0.4, 0.5) is 11.9 Å². The number of rotatable bonds is 3. The smallest absolute Gasteiger partial charge is 0.276 e. The summed E-state index contributed by atoms with van der Waals surface area (Å²) in [5, 5.41) is 17.4. The highest BCUT2D eigenvalue weighted by Crippen LogP contribution is 2.26. The molecule has 0 bridgehead atoms. The van der Waals surface area contributed by atoms with Crippen LogP contribution >= 0.6 is 0 Å². The Labute approximate surface area is 317 Å². The van der Waals surface area contributed by atoms with E-state index in [1.165, 1.54) is 0 Å². The second-order valence-electron chi connectivity index (χ2n) is 14.3. The van der Waals surface area contributed by atoms with Gasteiger partial charge in [0.2, 0.25) is 23.7 Å². The van der Waals surface area contributed by atoms with Crippen molar-refractivity contribution >= 4 is 63.3 Å². The molecule has 0 saturated heterocycles. The van der Waals surface area contributed by atoms with E-state index in [4.69, 9.17) is 31.6 Å². The summed E-state index contributed by atoms with van der Waals surface area (Å²) in [6.45, 7) is 8.93. The molecule has 7 rings (SSSR count). The summed E-state index contributed by atoms with van der Waals surface area (Å²) in [6.07, 6.45) is 3.60. The van der Waals surface area contributed by atoms with Crippen LogP contribution in [-0.2, 0) is 30.8 Å². The number of carbonyl (C=O) groups is 4. The van der Waals surface area contributed by atoms with Crippen LogP contribution in [-0.4, -0.2) is 101 Å². The van der Waals surface area contributed by atoms with Gasteiger partial charge in [-0.2, -0.15) is 10.2 Å². The Hall–Kier alpha value is -6.10. The Balaban J connectivity index is 1.24. The van der Waals surface area contributed by atoms with Crippen LogP contribution in [0, 0.1) is 6.92 Å². The molecule has 6 N–H and O–H groups in total. The van der Waals surface area contributed by atoms with Gasteiger partial charge in [-0.1, -0.05) is 6.42 Å². The van der Waals surface area contributed by atoms with Crippen molar-refractivity contribution in [2.45, 2.75) is 78.6 Å². The molecular formula is C38H47N13O4. The lowest BCUT2D eigenvalue weighted by molar-refractivity contribution is -0.120. The summed E-state index contributed by atoms with van der Waals surface area (Å²) in [5.41, 5.74) is 17.4. The molecule has 2 aliphatic heterocycles. The Morgan fingerprint density at radius 3 is 2.00 bits per heavy atom. The fraction of sp³-hybridized carbons (Fsp3) is 0.421. The number of nitrogens with two attached hydrogens (primary N) is 2. The molecule has 17 heteroatoms. The van der Waals surface area contributed by atoms with E-state index in [2.05, 4.69) is 15.5 Å². The molecule has 2 aromatic carbocycles. The highest BCUT2D eigenvalue weighted by molar-refractivity contribution is 6.05. The van der Waals surface area contributed by atoms with Gasteiger partial charge in [-0.25, -0.2) is 9.97 Å². The number of nitrogens with zero attached hydrogens (tertiary/aromatic N) is 9. The molecule has 1 atom stereocenters. The number of aromatic nitrogens is 6. The van der Waals surface area contributed by atoms with E-state index in [0.717, 1.165) is 47.3 Å². The summed E-state index contributed by atoms with van der Waals surface area (Å²) in [5.74, 6) is -0.936. The zero-order valence-corrected chi connectivity index (χ0v) is 31.6. The van der Waals surface area contributed by atoms with Crippen LogP contribution in [0.5, 0.6) is 0 Å². The first-order valence-corrected chi connectivity index (χ1v) is 18.7. The lowest BCUT2D eigenvalue weighted by Crippen LogP contribution is -2.39. The van der Waals surface area contributed by atoms with Crippen LogP contribution in [0.25, 0.3) is 22.1 Å². The number of benzene rings is 2. The lowest BCUT2D eigenvalue weighted by Gasteiger charge is -2.23. The molecule has 0 aliphatic carbocycles. The number of fused-ring (bicyclic) bond motifs is 8. The maximum absolute atomic E-state index is 14.2. The SMILES string of the molecule is CCn1nc(C)c2c1C(=O)Nc1nc3cc(C(N)=O)ccc3n1CCN(C)CCn1c(nc3cc(C(N)=O)ccc31)NC(=O)C1CC(C)=NN1CCCCC2. The number of primary amides is 2. The minimum absolute atomic E-state index is 0.208. The average molecular weight is 750 g/mol. The molecule has 4 amide bonds. The van der Waals surface area contributed by atoms with E-state index in [9.17, 15) is 19.2 Å². The van der Waals surface area contributed by atoms with Gasteiger partial charge in [0.1, 0.15) is 11.7 Å². The van der Waals surface area contributed by atoms with E-state index >= 15 is 0 Å². The fourth-order valence-corrected chi connectivity index (χ4v) is 7.52. The minimum atomic E-state index is -0.569. The molecule has 1 unspecified atom stereocenters. The summed E-state index contributed by atoms with van der Waals surface area (Å²) >= 11 is 0. The summed E-state index contributed by atoms with van der Waals surface area (Å²) in [4.78, 5) is 63.8. The maximum Gasteiger partial charge on any atom is 0.276 e. The zero-order valence-electron chi connectivity index (χ0n) is 31.6. The van der Waals surface area contributed by atoms with Gasteiger partial charge in [-0.3, -0.25) is 39.5 Å². The number of amides is 4. The van der Waals surface area contributed by atoms with Crippen molar-refractivity contribution in [3.63, 3.8) is 0 Å². The predicted molar refractivity (Wildman–Crippen MR) is 209 cm³/mol. The quantitative estimate of drug-likeness (QED) is 0.213. The molecule has 0 fully saturated rings. The molecule has 0 radical (unpaired) electrons. The number of aryl methyl sites for hydroxylation is 2. The first kappa shape index (κ1) is 37.2. The Morgan fingerprint density at radius 1 is 0.818 bits per heavy atom. The molecule has 2 aliphatic rings. The summed E-state index contributed by atoms with van der Waals surface area (Å²) in [6, 6.07) is 9.67. The Kier molecular flexibility index (Phi) is 10.4. The molecule has 17 nitrogen and oxygen atoms in total. The molecule has 55 heavy (non-hydrogen) atoms. The van der Waals surface area contributed by atoms with Gasteiger partial charge < -0.3 is 25.5 Å². The van der Waals surface area contributed by atoms with Gasteiger partial charge in [-0.15, -0.1) is 0 Å². The van der Waals surface area contributed by atoms with Crippen molar-refractivity contribution in [3.05, 3.63) is 64.5 Å². The lowest BCUT2D eigenvalue weighted by atomic mass is 10.0. The molecule has 0 saturated carbocycles. The monoisotopic (exact) mass is 749 g/mol. The second-order valence-corrected chi connectivity index (χ2v) is 14.3. The second kappa shape index (κ2) is 15.3. The summed E-state index contributed by atoms with van der Waals surface area (Å²) in [7, 11) is 1.98. The zero-order chi connectivity index (χ0) is 39.0. The third-order valence-corrected chi connectivity index (χ3v) is 10.5. The largest absolute Gasteiger partial charge is 0.366 e. The summed E-state index contributed by atoms with van der Waals surface area (Å²) < 4.78 is 5.60. The standard InChI is InChI=1S/C38H47N13O4/c1-5-50-32-26(23(3)46-50)9-7-6-8-14-51-31(19-22(2)45-51)35(54)43-37-41-27-20-24(33(39)52)10-12-29(27)48(37)17-15-47(4)16-18-49-30-13-11-25(34(40)53)21-28(30)42-38(49)44-36(32)55/h10-13,20-21,31H,5-9,14-19H2,1-4H3,(H2,39,52)(H2,40,53)(H,41,43,54)(H,42,44,55). The molecule has 3 aromatic heterocycles. The van der Waals surface area contributed by atoms with Crippen molar-refractivity contribution in [1.82, 2.24) is 38.8 Å². The normalized spacial score (nSPS) is 18.0. The van der Waals surface area contributed by atoms with E-state index < -0.39 is 17.9 Å². The van der Waals surface area contributed by atoms with Crippen LogP contribution in [0.15, 0.2) is 41.5 Å². The number of hydrogen-bond acceptors (Lipinski definition) is 10. The number of likely N-dealkylation sites (N-methyl/N-ethyl adjacent to an activating group) is 1. The van der Waals surface area contributed by atoms with Crippen molar-refractivity contribution < 1.29 is 19.2 Å². The van der Waals surface area contributed by atoms with Gasteiger partial charge in [0, 0.05) is 68.1 Å². The number of anilines is 2. The van der Waals surface area contributed by atoms with Crippen LogP contribution in [0.2, 0.25) is 0 Å². The number of nitrogens with one attached hydrogen (secondary N) is 2. The van der Waals surface area contributed by atoms with E-state index in [1.54, 1.807) is 41.1 Å². The van der Waals surface area contributed by atoms with Crippen molar-refractivity contribution in [2.75, 3.05) is 37.3 Å². The first-order chi connectivity index (χ1) is 26.4. The number of carbonyl (C=O) groups excluding carboxylic acids is 4. The molecule has 5 heterocycles. The molecular weight excluding hydrogens is 703 g/mol. The number of hydrazone groups is 1. The Bertz CT molecular complexity index is 2350. The van der Waals surface area contributed by atoms with Crippen molar-refractivity contribution in [2.24, 2.45) is 16.6 Å². The third-order valence-electron chi connectivity index (χ3n) is 10.5. The van der Waals surface area contributed by atoms with Crippen molar-refractivity contribution in [1.29, 1.82) is 0 Å². The van der Waals surface area contributed by atoms with E-state index in [0.29, 0.717) is 91.9 Å². The first-order valence-electron chi connectivity index (χ1n) is 18.7. The van der Waals surface area contributed by atoms with E-state index in [-0.39, 0.29) is 11.8 Å². The predicted octanol–water partition coefficient (Wildman–Crippen LogP) is 3.11.